The minimum absolute atomic E-state index is 0.0271. The number of nitrogens with one attached hydrogen (secondary N) is 1. The number of thioether (sulfide) groups is 1. The SMILES string of the molecule is COc1cc(/C=C2/SC(=O)N(CCNC(=O)c3ccc(C#N)cc3)C2=O)cc(OC)c1OC. The fourth-order valence-corrected chi connectivity index (χ4v) is 3.97. The normalized spacial score (nSPS) is 14.2. The number of hydrogen-bond acceptors (Lipinski definition) is 8. The van der Waals surface area contributed by atoms with Gasteiger partial charge in [0, 0.05) is 18.7 Å². The molecule has 1 fully saturated rings. The Kier molecular flexibility index (Phi) is 7.58. The number of nitrogens with zero attached hydrogens (tertiary/aromatic N) is 2. The Labute approximate surface area is 194 Å². The quantitative estimate of drug-likeness (QED) is 0.589. The van der Waals surface area contributed by atoms with Gasteiger partial charge in [-0.25, -0.2) is 0 Å². The number of ether oxygens (including phenoxy) is 3. The first-order valence-corrected chi connectivity index (χ1v) is 10.6. The van der Waals surface area contributed by atoms with E-state index in [2.05, 4.69) is 5.32 Å². The molecule has 0 aliphatic carbocycles. The lowest BCUT2D eigenvalue weighted by Gasteiger charge is -2.13. The predicted octanol–water partition coefficient (Wildman–Crippen LogP) is 3.05. The van der Waals surface area contributed by atoms with E-state index in [0.717, 1.165) is 16.7 Å². The highest BCUT2D eigenvalue weighted by Gasteiger charge is 2.34. The summed E-state index contributed by atoms with van der Waals surface area (Å²) in [5, 5.41) is 11.1. The number of nitriles is 1. The van der Waals surface area contributed by atoms with E-state index >= 15 is 0 Å². The van der Waals surface area contributed by atoms with Gasteiger partial charge in [0.15, 0.2) is 11.5 Å². The molecule has 1 saturated heterocycles. The smallest absolute Gasteiger partial charge is 0.293 e. The number of methoxy groups -OCH3 is 3. The second kappa shape index (κ2) is 10.6. The van der Waals surface area contributed by atoms with Gasteiger partial charge in [-0.15, -0.1) is 0 Å². The molecule has 0 radical (unpaired) electrons. The molecule has 1 aliphatic rings. The zero-order chi connectivity index (χ0) is 24.0. The molecule has 3 amide bonds. The average molecular weight is 468 g/mol. The maximum atomic E-state index is 12.8. The summed E-state index contributed by atoms with van der Waals surface area (Å²) < 4.78 is 15.9. The molecule has 2 aromatic rings. The summed E-state index contributed by atoms with van der Waals surface area (Å²) in [5.41, 5.74) is 1.43. The molecule has 0 spiro atoms. The van der Waals surface area contributed by atoms with Crippen molar-refractivity contribution in [1.82, 2.24) is 10.2 Å². The molecule has 0 aromatic heterocycles. The molecule has 0 bridgehead atoms. The number of benzene rings is 2. The summed E-state index contributed by atoms with van der Waals surface area (Å²) in [6.07, 6.45) is 1.57. The summed E-state index contributed by atoms with van der Waals surface area (Å²) in [5.74, 6) is 0.453. The Morgan fingerprint density at radius 1 is 1.09 bits per heavy atom. The Hall–Kier alpha value is -3.97. The van der Waals surface area contributed by atoms with Crippen molar-refractivity contribution in [2.45, 2.75) is 0 Å². The lowest BCUT2D eigenvalue weighted by atomic mass is 10.1. The number of carbonyl (C=O) groups is 3. The fraction of sp³-hybridized carbons (Fsp3) is 0.217. The molecule has 0 saturated carbocycles. The Morgan fingerprint density at radius 2 is 1.73 bits per heavy atom. The highest BCUT2D eigenvalue weighted by atomic mass is 32.2. The van der Waals surface area contributed by atoms with Crippen molar-refractivity contribution < 1.29 is 28.6 Å². The van der Waals surface area contributed by atoms with Crippen molar-refractivity contribution in [2.24, 2.45) is 0 Å². The lowest BCUT2D eigenvalue weighted by molar-refractivity contribution is -0.122. The van der Waals surface area contributed by atoms with Crippen LogP contribution in [0.2, 0.25) is 0 Å². The van der Waals surface area contributed by atoms with Crippen molar-refractivity contribution in [1.29, 1.82) is 5.26 Å². The van der Waals surface area contributed by atoms with Crippen LogP contribution in [0.5, 0.6) is 17.2 Å². The molecule has 0 unspecified atom stereocenters. The Bertz CT molecular complexity index is 1130. The van der Waals surface area contributed by atoms with Crippen molar-refractivity contribution in [2.75, 3.05) is 34.4 Å². The summed E-state index contributed by atoms with van der Waals surface area (Å²) in [6.45, 7) is 0.119. The topological polar surface area (TPSA) is 118 Å². The summed E-state index contributed by atoms with van der Waals surface area (Å²) in [6, 6.07) is 11.5. The van der Waals surface area contributed by atoms with Crippen LogP contribution in [0.3, 0.4) is 0 Å². The van der Waals surface area contributed by atoms with Gasteiger partial charge in [0.2, 0.25) is 5.75 Å². The Morgan fingerprint density at radius 3 is 2.27 bits per heavy atom. The van der Waals surface area contributed by atoms with E-state index in [0.29, 0.717) is 33.9 Å². The molecule has 2 aromatic carbocycles. The van der Waals surface area contributed by atoms with E-state index in [1.807, 2.05) is 6.07 Å². The second-order valence-corrected chi connectivity index (χ2v) is 7.73. The van der Waals surface area contributed by atoms with Crippen LogP contribution in [0.15, 0.2) is 41.3 Å². The van der Waals surface area contributed by atoms with Crippen LogP contribution in [0.25, 0.3) is 6.08 Å². The summed E-state index contributed by atoms with van der Waals surface area (Å²) in [4.78, 5) is 38.7. The van der Waals surface area contributed by atoms with E-state index in [-0.39, 0.29) is 23.9 Å². The van der Waals surface area contributed by atoms with Crippen LogP contribution >= 0.6 is 11.8 Å². The molecular weight excluding hydrogens is 446 g/mol. The van der Waals surface area contributed by atoms with Crippen molar-refractivity contribution in [3.8, 4) is 23.3 Å². The van der Waals surface area contributed by atoms with E-state index in [1.54, 1.807) is 30.3 Å². The van der Waals surface area contributed by atoms with Crippen molar-refractivity contribution in [3.63, 3.8) is 0 Å². The molecule has 0 atom stereocenters. The predicted molar refractivity (Wildman–Crippen MR) is 122 cm³/mol. The number of hydrogen-bond donors (Lipinski definition) is 1. The highest BCUT2D eigenvalue weighted by molar-refractivity contribution is 8.18. The maximum absolute atomic E-state index is 12.8. The van der Waals surface area contributed by atoms with Crippen molar-refractivity contribution >= 4 is 34.9 Å². The maximum Gasteiger partial charge on any atom is 0.293 e. The first-order valence-electron chi connectivity index (χ1n) is 9.75. The molecule has 1 aliphatic heterocycles. The number of amides is 3. The average Bonchev–Trinajstić information content (AvgIpc) is 3.10. The molecule has 170 valence electrons. The van der Waals surface area contributed by atoms with Crippen LogP contribution in [0.4, 0.5) is 4.79 Å². The number of carbonyl (C=O) groups excluding carboxylic acids is 3. The minimum atomic E-state index is -0.452. The molecule has 3 rings (SSSR count). The van der Waals surface area contributed by atoms with Gasteiger partial charge in [0.25, 0.3) is 17.1 Å². The molecule has 1 N–H and O–H groups in total. The van der Waals surface area contributed by atoms with Gasteiger partial charge in [-0.3, -0.25) is 19.3 Å². The van der Waals surface area contributed by atoms with Gasteiger partial charge in [-0.05, 0) is 59.8 Å². The van der Waals surface area contributed by atoms with Gasteiger partial charge >= 0.3 is 0 Å². The van der Waals surface area contributed by atoms with Gasteiger partial charge < -0.3 is 19.5 Å². The van der Waals surface area contributed by atoms with E-state index in [1.165, 1.54) is 33.5 Å². The molecular formula is C23H21N3O6S. The van der Waals surface area contributed by atoms with Gasteiger partial charge in [0.1, 0.15) is 0 Å². The van der Waals surface area contributed by atoms with Crippen LogP contribution in [-0.2, 0) is 4.79 Å². The highest BCUT2D eigenvalue weighted by Crippen LogP contribution is 2.40. The number of rotatable bonds is 8. The molecule has 10 heteroatoms. The van der Waals surface area contributed by atoms with Gasteiger partial charge in [0.05, 0.1) is 37.9 Å². The van der Waals surface area contributed by atoms with Crippen LogP contribution in [0.1, 0.15) is 21.5 Å². The second-order valence-electron chi connectivity index (χ2n) is 6.74. The number of imide groups is 1. The standard InChI is InChI=1S/C23H21N3O6S/c1-30-17-10-15(11-18(31-2)20(17)32-3)12-19-22(28)26(23(29)33-19)9-8-25-21(27)16-6-4-14(13-24)5-7-16/h4-7,10-12H,8-9H2,1-3H3,(H,25,27)/b19-12+. The fourth-order valence-electron chi connectivity index (χ4n) is 3.11. The first kappa shape index (κ1) is 23.7. The summed E-state index contributed by atoms with van der Waals surface area (Å²) in [7, 11) is 4.47. The van der Waals surface area contributed by atoms with Crippen molar-refractivity contribution in [3.05, 3.63) is 58.0 Å². The first-order chi connectivity index (χ1) is 15.9. The molecule has 1 heterocycles. The van der Waals surface area contributed by atoms with Crippen LogP contribution < -0.4 is 19.5 Å². The largest absolute Gasteiger partial charge is 0.493 e. The Balaban J connectivity index is 1.67. The van der Waals surface area contributed by atoms with E-state index in [4.69, 9.17) is 19.5 Å². The third-order valence-electron chi connectivity index (χ3n) is 4.76. The van der Waals surface area contributed by atoms with Crippen LogP contribution in [0, 0.1) is 11.3 Å². The van der Waals surface area contributed by atoms with Gasteiger partial charge in [-0.2, -0.15) is 5.26 Å². The third-order valence-corrected chi connectivity index (χ3v) is 5.66. The van der Waals surface area contributed by atoms with E-state index < -0.39 is 11.1 Å². The van der Waals surface area contributed by atoms with Gasteiger partial charge in [-0.1, -0.05) is 0 Å². The monoisotopic (exact) mass is 467 g/mol. The van der Waals surface area contributed by atoms with Crippen LogP contribution in [-0.4, -0.2) is 56.4 Å². The zero-order valence-corrected chi connectivity index (χ0v) is 19.0. The zero-order valence-electron chi connectivity index (χ0n) is 18.2. The third kappa shape index (κ3) is 5.27. The molecule has 9 nitrogen and oxygen atoms in total. The minimum Gasteiger partial charge on any atom is -0.493 e. The lowest BCUT2D eigenvalue weighted by Crippen LogP contribution is -2.37. The summed E-state index contributed by atoms with van der Waals surface area (Å²) >= 11 is 0.815. The van der Waals surface area contributed by atoms with E-state index in [9.17, 15) is 14.4 Å². The molecule has 33 heavy (non-hydrogen) atoms.